The first-order valence-corrected chi connectivity index (χ1v) is 16.9. The van der Waals surface area contributed by atoms with E-state index in [1.807, 2.05) is 29.6 Å². The van der Waals surface area contributed by atoms with Crippen LogP contribution in [0.25, 0.3) is 0 Å². The smallest absolute Gasteiger partial charge is 0.249 e. The SMILES string of the molecule is O=c1cc(N2CCOC(c3cccc4c3Sc3ccc(NC(CN5CCOCC5)CN5CCOCC5)cc3S4)C2)cc[nH]1. The van der Waals surface area contributed by atoms with Crippen molar-refractivity contribution in [2.75, 3.05) is 95.6 Å². The normalized spacial score (nSPS) is 21.4. The minimum atomic E-state index is -0.0800. The zero-order chi connectivity index (χ0) is 29.0. The lowest BCUT2D eigenvalue weighted by atomic mass is 10.1. The van der Waals surface area contributed by atoms with Gasteiger partial charge in [0, 0.05) is 95.6 Å². The van der Waals surface area contributed by atoms with Gasteiger partial charge in [-0.1, -0.05) is 35.7 Å². The van der Waals surface area contributed by atoms with E-state index in [4.69, 9.17) is 14.2 Å². The average Bonchev–Trinajstić information content (AvgIpc) is 3.04. The lowest BCUT2D eigenvalue weighted by Crippen LogP contribution is -2.49. The van der Waals surface area contributed by atoms with Crippen LogP contribution in [0, 0.1) is 0 Å². The van der Waals surface area contributed by atoms with Gasteiger partial charge in [-0.25, -0.2) is 0 Å². The molecule has 3 fully saturated rings. The summed E-state index contributed by atoms with van der Waals surface area (Å²) in [5.41, 5.74) is 3.24. The molecule has 9 nitrogen and oxygen atoms in total. The molecule has 228 valence electrons. The summed E-state index contributed by atoms with van der Waals surface area (Å²) in [6, 6.07) is 17.3. The summed E-state index contributed by atoms with van der Waals surface area (Å²) in [4.78, 5) is 27.0. The van der Waals surface area contributed by atoms with Crippen LogP contribution < -0.4 is 15.8 Å². The van der Waals surface area contributed by atoms with Crippen LogP contribution in [-0.2, 0) is 14.2 Å². The van der Waals surface area contributed by atoms with Crippen molar-refractivity contribution in [3.63, 3.8) is 0 Å². The van der Waals surface area contributed by atoms with Gasteiger partial charge >= 0.3 is 0 Å². The highest BCUT2D eigenvalue weighted by Crippen LogP contribution is 2.51. The molecule has 1 atom stereocenters. The van der Waals surface area contributed by atoms with Crippen LogP contribution in [0.4, 0.5) is 11.4 Å². The van der Waals surface area contributed by atoms with Gasteiger partial charge in [-0.15, -0.1) is 0 Å². The maximum atomic E-state index is 11.9. The van der Waals surface area contributed by atoms with E-state index >= 15 is 0 Å². The second-order valence-electron chi connectivity index (χ2n) is 11.4. The van der Waals surface area contributed by atoms with Gasteiger partial charge in [0.15, 0.2) is 0 Å². The topological polar surface area (TPSA) is 82.3 Å². The van der Waals surface area contributed by atoms with Crippen LogP contribution in [0.1, 0.15) is 11.7 Å². The molecule has 4 aliphatic rings. The van der Waals surface area contributed by atoms with Gasteiger partial charge in [-0.05, 0) is 35.9 Å². The van der Waals surface area contributed by atoms with E-state index in [0.29, 0.717) is 19.2 Å². The maximum absolute atomic E-state index is 11.9. The molecule has 0 amide bonds. The molecule has 1 aromatic heterocycles. The van der Waals surface area contributed by atoms with Crippen LogP contribution in [0.15, 0.2) is 79.1 Å². The van der Waals surface area contributed by atoms with Gasteiger partial charge in [-0.3, -0.25) is 14.6 Å². The molecule has 4 aliphatic heterocycles. The molecular weight excluding hydrogens is 583 g/mol. The Morgan fingerprint density at radius 1 is 0.837 bits per heavy atom. The summed E-state index contributed by atoms with van der Waals surface area (Å²) in [5.74, 6) is 0. The van der Waals surface area contributed by atoms with Gasteiger partial charge in [-0.2, -0.15) is 0 Å². The standard InChI is InChI=1S/C32H39N5O4S2/c38-31-19-25(6-7-33-31)37-12-17-41-27(22-37)26-2-1-3-29-32(26)43-28-5-4-23(18-30(28)42-29)34-24(20-35-8-13-39-14-9-35)21-36-10-15-40-16-11-36/h1-7,18-19,24,27,34H,8-17,20-22H2,(H,33,38). The molecule has 3 aromatic rings. The first-order chi connectivity index (χ1) is 21.2. The van der Waals surface area contributed by atoms with Crippen molar-refractivity contribution in [1.29, 1.82) is 0 Å². The third-order valence-electron chi connectivity index (χ3n) is 8.46. The van der Waals surface area contributed by atoms with Crippen molar-refractivity contribution in [2.24, 2.45) is 0 Å². The molecule has 1 unspecified atom stereocenters. The van der Waals surface area contributed by atoms with Crippen molar-refractivity contribution in [2.45, 2.75) is 31.7 Å². The van der Waals surface area contributed by atoms with E-state index in [9.17, 15) is 4.79 Å². The molecule has 11 heteroatoms. The minimum Gasteiger partial charge on any atom is -0.380 e. The van der Waals surface area contributed by atoms with Crippen LogP contribution in [0.3, 0.4) is 0 Å². The van der Waals surface area contributed by atoms with E-state index in [1.165, 1.54) is 30.8 Å². The summed E-state index contributed by atoms with van der Waals surface area (Å²) in [7, 11) is 0. The molecule has 3 saturated heterocycles. The lowest BCUT2D eigenvalue weighted by Gasteiger charge is -2.36. The van der Waals surface area contributed by atoms with Crippen molar-refractivity contribution in [1.82, 2.24) is 14.8 Å². The molecule has 43 heavy (non-hydrogen) atoms. The van der Waals surface area contributed by atoms with Crippen molar-refractivity contribution < 1.29 is 14.2 Å². The number of aromatic nitrogens is 1. The van der Waals surface area contributed by atoms with Gasteiger partial charge in [0.05, 0.1) is 39.1 Å². The van der Waals surface area contributed by atoms with Gasteiger partial charge in [0.2, 0.25) is 5.56 Å². The molecule has 0 aliphatic carbocycles. The van der Waals surface area contributed by atoms with Gasteiger partial charge in [0.1, 0.15) is 6.10 Å². The summed E-state index contributed by atoms with van der Waals surface area (Å²) < 4.78 is 17.5. The van der Waals surface area contributed by atoms with Crippen molar-refractivity contribution in [3.05, 3.63) is 70.6 Å². The van der Waals surface area contributed by atoms with E-state index in [2.05, 4.69) is 61.4 Å². The number of hydrogen-bond donors (Lipinski definition) is 2. The second kappa shape index (κ2) is 13.6. The van der Waals surface area contributed by atoms with Gasteiger partial charge in [0.25, 0.3) is 0 Å². The molecule has 0 spiro atoms. The number of rotatable bonds is 8. The summed E-state index contributed by atoms with van der Waals surface area (Å²) >= 11 is 3.68. The Morgan fingerprint density at radius 3 is 2.35 bits per heavy atom. The summed E-state index contributed by atoms with van der Waals surface area (Å²) in [6.07, 6.45) is 1.66. The van der Waals surface area contributed by atoms with Gasteiger partial charge < -0.3 is 29.4 Å². The number of pyridine rings is 1. The number of nitrogens with one attached hydrogen (secondary N) is 2. The Hall–Kier alpha value is -2.51. The van der Waals surface area contributed by atoms with Crippen molar-refractivity contribution >= 4 is 34.9 Å². The number of anilines is 2. The molecule has 5 heterocycles. The van der Waals surface area contributed by atoms with E-state index < -0.39 is 0 Å². The highest BCUT2D eigenvalue weighted by molar-refractivity contribution is 8.05. The highest BCUT2D eigenvalue weighted by atomic mass is 32.2. The average molecular weight is 622 g/mol. The summed E-state index contributed by atoms with van der Waals surface area (Å²) in [6.45, 7) is 11.3. The monoisotopic (exact) mass is 621 g/mol. The van der Waals surface area contributed by atoms with Crippen LogP contribution in [-0.4, -0.2) is 106 Å². The predicted molar refractivity (Wildman–Crippen MR) is 171 cm³/mol. The Bertz CT molecular complexity index is 1440. The van der Waals surface area contributed by atoms with E-state index in [0.717, 1.165) is 77.9 Å². The fraction of sp³-hybridized carbons (Fsp3) is 0.469. The number of hydrogen-bond acceptors (Lipinski definition) is 10. The lowest BCUT2D eigenvalue weighted by molar-refractivity contribution is 0.0225. The Labute approximate surface area is 261 Å². The minimum absolute atomic E-state index is 0.0558. The molecule has 0 saturated carbocycles. The maximum Gasteiger partial charge on any atom is 0.249 e. The van der Waals surface area contributed by atoms with Crippen LogP contribution >= 0.6 is 23.5 Å². The molecular formula is C32H39N5O4S2. The number of benzene rings is 2. The largest absolute Gasteiger partial charge is 0.380 e. The highest BCUT2D eigenvalue weighted by Gasteiger charge is 2.29. The van der Waals surface area contributed by atoms with Crippen molar-refractivity contribution in [3.8, 4) is 0 Å². The molecule has 0 radical (unpaired) electrons. The predicted octanol–water partition coefficient (Wildman–Crippen LogP) is 4.01. The molecule has 2 N–H and O–H groups in total. The number of ether oxygens (including phenoxy) is 3. The first kappa shape index (κ1) is 29.2. The number of fused-ring (bicyclic) bond motifs is 2. The fourth-order valence-corrected chi connectivity index (χ4v) is 8.69. The fourth-order valence-electron chi connectivity index (χ4n) is 6.24. The zero-order valence-corrected chi connectivity index (χ0v) is 26.0. The third kappa shape index (κ3) is 7.09. The quantitative estimate of drug-likeness (QED) is 0.301. The number of aromatic amines is 1. The molecule has 2 aromatic carbocycles. The second-order valence-corrected chi connectivity index (χ2v) is 13.6. The van der Waals surface area contributed by atoms with Crippen LogP contribution in [0.2, 0.25) is 0 Å². The molecule has 7 rings (SSSR count). The Kier molecular flexibility index (Phi) is 9.27. The number of H-pyrrole nitrogens is 1. The van der Waals surface area contributed by atoms with E-state index in [1.54, 1.807) is 12.3 Å². The number of nitrogens with zero attached hydrogens (tertiary/aromatic N) is 3. The third-order valence-corrected chi connectivity index (χ3v) is 11.1. The first-order valence-electron chi connectivity index (χ1n) is 15.2. The Balaban J connectivity index is 1.07. The Morgan fingerprint density at radius 2 is 1.60 bits per heavy atom. The molecule has 0 bridgehead atoms. The van der Waals surface area contributed by atoms with Crippen LogP contribution in [0.5, 0.6) is 0 Å². The number of morpholine rings is 3. The summed E-state index contributed by atoms with van der Waals surface area (Å²) in [5, 5.41) is 3.90. The zero-order valence-electron chi connectivity index (χ0n) is 24.3. The van der Waals surface area contributed by atoms with E-state index in [-0.39, 0.29) is 11.7 Å².